The van der Waals surface area contributed by atoms with Crippen molar-refractivity contribution in [2.45, 2.75) is 37.3 Å². The molecule has 84 valence electrons. The first kappa shape index (κ1) is 12.4. The quantitative estimate of drug-likeness (QED) is 0.701. The first-order chi connectivity index (χ1) is 7.13. The van der Waals surface area contributed by atoms with E-state index < -0.39 is 0 Å². The Morgan fingerprint density at radius 1 is 1.40 bits per heavy atom. The van der Waals surface area contributed by atoms with E-state index in [-0.39, 0.29) is 5.82 Å². The smallest absolute Gasteiger partial charge is 0.135 e. The molecule has 0 aliphatic heterocycles. The van der Waals surface area contributed by atoms with Crippen LogP contribution in [0.25, 0.3) is 0 Å². The molecule has 0 spiro atoms. The topological polar surface area (TPSA) is 9.23 Å². The molecule has 0 radical (unpaired) electrons. The van der Waals surface area contributed by atoms with Crippen LogP contribution >= 0.6 is 11.8 Å². The van der Waals surface area contributed by atoms with Gasteiger partial charge in [-0.2, -0.15) is 0 Å². The van der Waals surface area contributed by atoms with Crippen molar-refractivity contribution < 1.29 is 9.13 Å². The van der Waals surface area contributed by atoms with Gasteiger partial charge in [-0.3, -0.25) is 0 Å². The van der Waals surface area contributed by atoms with Gasteiger partial charge in [-0.15, -0.1) is 11.8 Å². The first-order valence-corrected chi connectivity index (χ1v) is 6.10. The van der Waals surface area contributed by atoms with E-state index >= 15 is 0 Å². The Kier molecular flexibility index (Phi) is 4.95. The Labute approximate surface area is 95.0 Å². The van der Waals surface area contributed by atoms with Crippen LogP contribution in [0, 0.1) is 5.82 Å². The van der Waals surface area contributed by atoms with Crippen LogP contribution in [0.15, 0.2) is 23.1 Å². The number of rotatable bonds is 5. The van der Waals surface area contributed by atoms with Crippen molar-refractivity contribution in [2.24, 2.45) is 0 Å². The monoisotopic (exact) mass is 228 g/mol. The molecule has 1 nitrogen and oxygen atoms in total. The number of thioether (sulfide) groups is 1. The molecule has 0 saturated carbocycles. The molecule has 0 aromatic heterocycles. The summed E-state index contributed by atoms with van der Waals surface area (Å²) in [4.78, 5) is 1.01. The van der Waals surface area contributed by atoms with Crippen LogP contribution in [-0.4, -0.2) is 11.9 Å². The molecule has 0 atom stereocenters. The van der Waals surface area contributed by atoms with Gasteiger partial charge in [0.15, 0.2) is 0 Å². The highest BCUT2D eigenvalue weighted by Gasteiger charge is 2.07. The van der Waals surface area contributed by atoms with Crippen LogP contribution in [0.3, 0.4) is 0 Å². The molecule has 0 aliphatic carbocycles. The third-order valence-corrected chi connectivity index (χ3v) is 2.79. The molecule has 0 fully saturated rings. The summed E-state index contributed by atoms with van der Waals surface area (Å²) in [6.07, 6.45) is 0.933. The van der Waals surface area contributed by atoms with Crippen molar-refractivity contribution in [2.75, 3.05) is 6.61 Å². The van der Waals surface area contributed by atoms with Gasteiger partial charge in [0.2, 0.25) is 0 Å². The fraction of sp³-hybridized carbons (Fsp3) is 0.500. The SMILES string of the molecule is CCCOc1cc(F)ccc1SC(C)C. The molecule has 0 bridgehead atoms. The highest BCUT2D eigenvalue weighted by atomic mass is 32.2. The lowest BCUT2D eigenvalue weighted by Gasteiger charge is -2.12. The van der Waals surface area contributed by atoms with E-state index in [2.05, 4.69) is 13.8 Å². The Morgan fingerprint density at radius 3 is 2.73 bits per heavy atom. The summed E-state index contributed by atoms with van der Waals surface area (Å²) in [5.74, 6) is 0.421. The van der Waals surface area contributed by atoms with Gasteiger partial charge in [0.25, 0.3) is 0 Å². The maximum absolute atomic E-state index is 13.0. The van der Waals surface area contributed by atoms with E-state index in [4.69, 9.17) is 4.74 Å². The number of ether oxygens (including phenoxy) is 1. The summed E-state index contributed by atoms with van der Waals surface area (Å²) < 4.78 is 18.5. The average Bonchev–Trinajstić information content (AvgIpc) is 2.18. The van der Waals surface area contributed by atoms with E-state index in [1.807, 2.05) is 6.92 Å². The molecular weight excluding hydrogens is 211 g/mol. The molecule has 0 saturated heterocycles. The molecule has 0 aliphatic rings. The molecule has 1 rings (SSSR count). The Balaban J connectivity index is 2.82. The average molecular weight is 228 g/mol. The first-order valence-electron chi connectivity index (χ1n) is 5.22. The molecule has 3 heteroatoms. The van der Waals surface area contributed by atoms with Crippen molar-refractivity contribution in [3.05, 3.63) is 24.0 Å². The highest BCUT2D eigenvalue weighted by Crippen LogP contribution is 2.32. The van der Waals surface area contributed by atoms with Gasteiger partial charge in [-0.05, 0) is 18.6 Å². The number of hydrogen-bond acceptors (Lipinski definition) is 2. The van der Waals surface area contributed by atoms with Crippen molar-refractivity contribution in [3.63, 3.8) is 0 Å². The van der Waals surface area contributed by atoms with Crippen LogP contribution < -0.4 is 4.74 Å². The molecule has 0 heterocycles. The predicted octanol–water partition coefficient (Wildman–Crippen LogP) is 4.12. The van der Waals surface area contributed by atoms with E-state index in [9.17, 15) is 4.39 Å². The predicted molar refractivity (Wildman–Crippen MR) is 63.2 cm³/mol. The molecule has 0 unspecified atom stereocenters. The minimum atomic E-state index is -0.241. The third kappa shape index (κ3) is 4.12. The van der Waals surface area contributed by atoms with Crippen LogP contribution in [0.4, 0.5) is 4.39 Å². The molecule has 1 aromatic carbocycles. The largest absolute Gasteiger partial charge is 0.492 e. The summed E-state index contributed by atoms with van der Waals surface area (Å²) in [5, 5.41) is 0.472. The zero-order chi connectivity index (χ0) is 11.3. The Hall–Kier alpha value is -0.700. The van der Waals surface area contributed by atoms with Gasteiger partial charge in [-0.25, -0.2) is 4.39 Å². The Bertz CT molecular complexity index is 312. The van der Waals surface area contributed by atoms with Gasteiger partial charge in [0.05, 0.1) is 6.61 Å². The van der Waals surface area contributed by atoms with Crippen LogP contribution in [0.2, 0.25) is 0 Å². The maximum Gasteiger partial charge on any atom is 0.135 e. The lowest BCUT2D eigenvalue weighted by atomic mass is 10.3. The second-order valence-corrected chi connectivity index (χ2v) is 5.22. The summed E-state index contributed by atoms with van der Waals surface area (Å²) in [6, 6.07) is 4.72. The van der Waals surface area contributed by atoms with Crippen molar-refractivity contribution >= 4 is 11.8 Å². The van der Waals surface area contributed by atoms with Crippen LogP contribution in [-0.2, 0) is 0 Å². The molecule has 1 aromatic rings. The molecular formula is C12H17FOS. The third-order valence-electron chi connectivity index (χ3n) is 1.73. The van der Waals surface area contributed by atoms with Crippen molar-refractivity contribution in [3.8, 4) is 5.75 Å². The zero-order valence-electron chi connectivity index (χ0n) is 9.42. The number of hydrogen-bond donors (Lipinski definition) is 0. The summed E-state index contributed by atoms with van der Waals surface area (Å²) in [5.41, 5.74) is 0. The number of benzene rings is 1. The second-order valence-electron chi connectivity index (χ2n) is 3.61. The standard InChI is InChI=1S/C12H17FOS/c1-4-7-14-11-8-10(13)5-6-12(11)15-9(2)3/h5-6,8-9H,4,7H2,1-3H3. The normalized spacial score (nSPS) is 10.7. The lowest BCUT2D eigenvalue weighted by Crippen LogP contribution is -1.98. The van der Waals surface area contributed by atoms with Crippen LogP contribution in [0.1, 0.15) is 27.2 Å². The van der Waals surface area contributed by atoms with E-state index in [1.54, 1.807) is 17.8 Å². The molecule has 0 amide bonds. The van der Waals surface area contributed by atoms with Crippen LogP contribution in [0.5, 0.6) is 5.75 Å². The lowest BCUT2D eigenvalue weighted by molar-refractivity contribution is 0.308. The van der Waals surface area contributed by atoms with Gasteiger partial charge in [0, 0.05) is 16.2 Å². The summed E-state index contributed by atoms with van der Waals surface area (Å²) in [7, 11) is 0. The van der Waals surface area contributed by atoms with E-state index in [1.165, 1.54) is 12.1 Å². The molecule has 15 heavy (non-hydrogen) atoms. The van der Waals surface area contributed by atoms with E-state index in [0.29, 0.717) is 17.6 Å². The van der Waals surface area contributed by atoms with Gasteiger partial charge in [-0.1, -0.05) is 20.8 Å². The van der Waals surface area contributed by atoms with E-state index in [0.717, 1.165) is 11.3 Å². The second kappa shape index (κ2) is 6.01. The van der Waals surface area contributed by atoms with Gasteiger partial charge < -0.3 is 4.74 Å². The highest BCUT2D eigenvalue weighted by molar-refractivity contribution is 8.00. The minimum Gasteiger partial charge on any atom is -0.492 e. The summed E-state index contributed by atoms with van der Waals surface area (Å²) >= 11 is 1.69. The van der Waals surface area contributed by atoms with Gasteiger partial charge in [0.1, 0.15) is 11.6 Å². The van der Waals surface area contributed by atoms with Crippen molar-refractivity contribution in [1.29, 1.82) is 0 Å². The zero-order valence-corrected chi connectivity index (χ0v) is 10.2. The Morgan fingerprint density at radius 2 is 2.13 bits per heavy atom. The maximum atomic E-state index is 13.0. The minimum absolute atomic E-state index is 0.241. The molecule has 0 N–H and O–H groups in total. The number of halogens is 1. The summed E-state index contributed by atoms with van der Waals surface area (Å²) in [6.45, 7) is 6.89. The fourth-order valence-electron chi connectivity index (χ4n) is 1.16. The fourth-order valence-corrected chi connectivity index (χ4v) is 2.05. The van der Waals surface area contributed by atoms with Crippen molar-refractivity contribution in [1.82, 2.24) is 0 Å². The van der Waals surface area contributed by atoms with Gasteiger partial charge >= 0.3 is 0 Å².